The second kappa shape index (κ2) is 8.84. The smallest absolute Gasteiger partial charge is 0.274 e. The summed E-state index contributed by atoms with van der Waals surface area (Å²) in [6.45, 7) is 5.75. The first-order valence-electron chi connectivity index (χ1n) is 8.37. The Morgan fingerprint density at radius 2 is 1.96 bits per heavy atom. The topological polar surface area (TPSA) is 89.4 Å². The second-order valence-corrected chi connectivity index (χ2v) is 5.82. The molecule has 2 amide bonds. The van der Waals surface area contributed by atoms with Gasteiger partial charge in [-0.05, 0) is 43.7 Å². The predicted molar refractivity (Wildman–Crippen MR) is 99.2 cm³/mol. The van der Waals surface area contributed by atoms with Gasteiger partial charge in [0.05, 0.1) is 6.61 Å². The molecule has 138 valence electrons. The average Bonchev–Trinajstić information content (AvgIpc) is 2.60. The average molecular weight is 357 g/mol. The number of pyridine rings is 1. The van der Waals surface area contributed by atoms with Crippen LogP contribution in [0.25, 0.3) is 0 Å². The van der Waals surface area contributed by atoms with Gasteiger partial charge >= 0.3 is 0 Å². The molecular formula is C19H23N3O4. The van der Waals surface area contributed by atoms with Gasteiger partial charge in [-0.25, -0.2) is 0 Å². The van der Waals surface area contributed by atoms with Crippen molar-refractivity contribution in [3.05, 3.63) is 58.0 Å². The summed E-state index contributed by atoms with van der Waals surface area (Å²) in [7, 11) is 0. The monoisotopic (exact) mass is 357 g/mol. The highest BCUT2D eigenvalue weighted by molar-refractivity contribution is 5.88. The van der Waals surface area contributed by atoms with Crippen LogP contribution in [0.2, 0.25) is 0 Å². The molecule has 1 aromatic heterocycles. The molecule has 7 heteroatoms. The van der Waals surface area contributed by atoms with Gasteiger partial charge in [-0.3, -0.25) is 14.4 Å². The van der Waals surface area contributed by atoms with E-state index in [0.717, 1.165) is 11.3 Å². The quantitative estimate of drug-likeness (QED) is 0.791. The molecule has 0 fully saturated rings. The molecule has 26 heavy (non-hydrogen) atoms. The summed E-state index contributed by atoms with van der Waals surface area (Å²) >= 11 is 0. The first-order valence-corrected chi connectivity index (χ1v) is 8.37. The zero-order valence-corrected chi connectivity index (χ0v) is 15.2. The fraction of sp³-hybridized carbons (Fsp3) is 0.316. The molecule has 0 saturated carbocycles. The van der Waals surface area contributed by atoms with E-state index in [1.807, 2.05) is 31.2 Å². The third kappa shape index (κ3) is 5.20. The molecule has 0 bridgehead atoms. The van der Waals surface area contributed by atoms with Crippen molar-refractivity contribution in [2.45, 2.75) is 33.9 Å². The van der Waals surface area contributed by atoms with Crippen LogP contribution in [0.5, 0.6) is 5.75 Å². The van der Waals surface area contributed by atoms with Crippen molar-refractivity contribution in [2.75, 3.05) is 11.9 Å². The number of rotatable bonds is 7. The molecule has 7 nitrogen and oxygen atoms in total. The predicted octanol–water partition coefficient (Wildman–Crippen LogP) is 1.83. The van der Waals surface area contributed by atoms with Gasteiger partial charge in [0.1, 0.15) is 18.0 Å². The van der Waals surface area contributed by atoms with Crippen LogP contribution in [0.4, 0.5) is 5.69 Å². The van der Waals surface area contributed by atoms with E-state index in [-0.39, 0.29) is 24.0 Å². The molecule has 2 aromatic rings. The number of aromatic nitrogens is 1. The van der Waals surface area contributed by atoms with Gasteiger partial charge in [0, 0.05) is 19.2 Å². The molecule has 2 N–H and O–H groups in total. The van der Waals surface area contributed by atoms with Gasteiger partial charge in [0.25, 0.3) is 5.56 Å². The number of hydrogen-bond acceptors (Lipinski definition) is 4. The molecule has 0 aliphatic rings. The number of carbonyl (C=O) groups is 2. The lowest BCUT2D eigenvalue weighted by molar-refractivity contribution is -0.122. The van der Waals surface area contributed by atoms with E-state index in [2.05, 4.69) is 10.6 Å². The Bertz CT molecular complexity index is 858. The lowest BCUT2D eigenvalue weighted by atomic mass is 10.2. The van der Waals surface area contributed by atoms with Crippen LogP contribution in [0.1, 0.15) is 25.1 Å². The van der Waals surface area contributed by atoms with Gasteiger partial charge in [-0.1, -0.05) is 12.1 Å². The van der Waals surface area contributed by atoms with E-state index in [0.29, 0.717) is 18.8 Å². The largest absolute Gasteiger partial charge is 0.494 e. The van der Waals surface area contributed by atoms with Crippen LogP contribution in [-0.2, 0) is 22.7 Å². The number of carbonyl (C=O) groups excluding carboxylic acids is 2. The number of nitrogens with one attached hydrogen (secondary N) is 2. The molecular weight excluding hydrogens is 334 g/mol. The Balaban J connectivity index is 2.05. The lowest BCUT2D eigenvalue weighted by Crippen LogP contribution is -2.34. The zero-order chi connectivity index (χ0) is 19.1. The molecule has 0 atom stereocenters. The van der Waals surface area contributed by atoms with Crippen molar-refractivity contribution in [3.63, 3.8) is 0 Å². The Morgan fingerprint density at radius 1 is 1.19 bits per heavy atom. The molecule has 0 aliphatic heterocycles. The summed E-state index contributed by atoms with van der Waals surface area (Å²) in [5.74, 6) is 0.113. The van der Waals surface area contributed by atoms with Gasteiger partial charge in [0.2, 0.25) is 11.8 Å². The van der Waals surface area contributed by atoms with Crippen molar-refractivity contribution in [3.8, 4) is 5.75 Å². The number of aryl methyl sites for hydroxylation is 1. The highest BCUT2D eigenvalue weighted by Gasteiger charge is 2.11. The van der Waals surface area contributed by atoms with Crippen LogP contribution in [-0.4, -0.2) is 23.0 Å². The van der Waals surface area contributed by atoms with Crippen LogP contribution in [0.3, 0.4) is 0 Å². The summed E-state index contributed by atoms with van der Waals surface area (Å²) in [6.07, 6.45) is 0. The van der Waals surface area contributed by atoms with Crippen molar-refractivity contribution >= 4 is 17.5 Å². The van der Waals surface area contributed by atoms with E-state index in [9.17, 15) is 14.4 Å². The Kier molecular flexibility index (Phi) is 6.54. The third-order valence-electron chi connectivity index (χ3n) is 3.70. The molecule has 2 rings (SSSR count). The fourth-order valence-electron chi connectivity index (χ4n) is 2.46. The number of hydrogen-bond donors (Lipinski definition) is 2. The summed E-state index contributed by atoms with van der Waals surface area (Å²) < 4.78 is 6.76. The zero-order valence-electron chi connectivity index (χ0n) is 15.2. The summed E-state index contributed by atoms with van der Waals surface area (Å²) in [6, 6.07) is 10.7. The first-order chi connectivity index (χ1) is 12.4. The molecule has 1 aromatic carbocycles. The maximum absolute atomic E-state index is 12.4. The molecule has 0 aliphatic carbocycles. The minimum Gasteiger partial charge on any atom is -0.494 e. The van der Waals surface area contributed by atoms with Crippen molar-refractivity contribution in [1.82, 2.24) is 9.88 Å². The maximum atomic E-state index is 12.4. The summed E-state index contributed by atoms with van der Waals surface area (Å²) in [5, 5.41) is 5.26. The number of ether oxygens (including phenoxy) is 1. The van der Waals surface area contributed by atoms with E-state index < -0.39 is 5.56 Å². The van der Waals surface area contributed by atoms with Gasteiger partial charge in [-0.2, -0.15) is 0 Å². The Hall–Kier alpha value is -3.09. The second-order valence-electron chi connectivity index (χ2n) is 5.82. The van der Waals surface area contributed by atoms with E-state index in [4.69, 9.17) is 4.74 Å². The van der Waals surface area contributed by atoms with E-state index >= 15 is 0 Å². The Morgan fingerprint density at radius 3 is 2.65 bits per heavy atom. The molecule has 1 heterocycles. The SMILES string of the molecule is CCOc1cccc(CNC(=O)Cn2c(C)ccc(NC(C)=O)c2=O)c1. The van der Waals surface area contributed by atoms with Crippen LogP contribution in [0, 0.1) is 6.92 Å². The molecule has 0 unspecified atom stereocenters. The maximum Gasteiger partial charge on any atom is 0.274 e. The van der Waals surface area contributed by atoms with Crippen molar-refractivity contribution < 1.29 is 14.3 Å². The van der Waals surface area contributed by atoms with Crippen molar-refractivity contribution in [1.29, 1.82) is 0 Å². The minimum atomic E-state index is -0.409. The van der Waals surface area contributed by atoms with Crippen molar-refractivity contribution in [2.24, 2.45) is 0 Å². The minimum absolute atomic E-state index is 0.122. The highest BCUT2D eigenvalue weighted by Crippen LogP contribution is 2.13. The van der Waals surface area contributed by atoms with Crippen LogP contribution < -0.4 is 20.9 Å². The number of benzene rings is 1. The highest BCUT2D eigenvalue weighted by atomic mass is 16.5. The van der Waals surface area contributed by atoms with Gasteiger partial charge < -0.3 is 19.9 Å². The van der Waals surface area contributed by atoms with Gasteiger partial charge in [-0.15, -0.1) is 0 Å². The summed E-state index contributed by atoms with van der Waals surface area (Å²) in [4.78, 5) is 35.8. The number of anilines is 1. The van der Waals surface area contributed by atoms with Crippen LogP contribution in [0.15, 0.2) is 41.2 Å². The molecule has 0 radical (unpaired) electrons. The fourth-order valence-corrected chi connectivity index (χ4v) is 2.46. The summed E-state index contributed by atoms with van der Waals surface area (Å²) in [5.41, 5.74) is 1.28. The van der Waals surface area contributed by atoms with Crippen LogP contribution >= 0.6 is 0 Å². The molecule has 0 spiro atoms. The normalized spacial score (nSPS) is 10.3. The van der Waals surface area contributed by atoms with E-state index in [1.54, 1.807) is 13.0 Å². The third-order valence-corrected chi connectivity index (χ3v) is 3.70. The number of nitrogens with zero attached hydrogens (tertiary/aromatic N) is 1. The Labute approximate surface area is 152 Å². The van der Waals surface area contributed by atoms with Gasteiger partial charge in [0.15, 0.2) is 0 Å². The first kappa shape index (κ1) is 19.2. The lowest BCUT2D eigenvalue weighted by Gasteiger charge is -2.13. The standard InChI is InChI=1S/C19H23N3O4/c1-4-26-16-7-5-6-15(10-16)11-20-18(24)12-22-13(2)8-9-17(19(22)25)21-14(3)23/h5-10H,4,11-12H2,1-3H3,(H,20,24)(H,21,23). The number of amides is 2. The van der Waals surface area contributed by atoms with E-state index in [1.165, 1.54) is 17.6 Å². The molecule has 0 saturated heterocycles.